The molecule has 0 bridgehead atoms. The Bertz CT molecular complexity index is 683. The first-order valence-electron chi connectivity index (χ1n) is 5.90. The van der Waals surface area contributed by atoms with Crippen LogP contribution >= 0.6 is 11.6 Å². The number of benzene rings is 1. The van der Waals surface area contributed by atoms with Crippen LogP contribution in [0.5, 0.6) is 0 Å². The summed E-state index contributed by atoms with van der Waals surface area (Å²) in [6.45, 7) is 2.09. The number of fused-ring (bicyclic) bond motifs is 1. The van der Waals surface area contributed by atoms with Crippen LogP contribution in [0.3, 0.4) is 0 Å². The van der Waals surface area contributed by atoms with Gasteiger partial charge in [-0.25, -0.2) is 4.98 Å². The molecular formula is C15H13ClN2. The number of imidazole rings is 1. The summed E-state index contributed by atoms with van der Waals surface area (Å²) in [6.07, 6.45) is 4.64. The van der Waals surface area contributed by atoms with Crippen LogP contribution in [0.2, 0.25) is 5.02 Å². The number of hydrogen-bond acceptors (Lipinski definition) is 1. The quantitative estimate of drug-likeness (QED) is 0.680. The fraction of sp³-hybridized carbons (Fsp3) is 0.133. The Hall–Kier alpha value is -1.80. The van der Waals surface area contributed by atoms with E-state index in [4.69, 9.17) is 11.6 Å². The van der Waals surface area contributed by atoms with Gasteiger partial charge in [-0.1, -0.05) is 41.4 Å². The first-order chi connectivity index (χ1) is 8.74. The Morgan fingerprint density at radius 1 is 1.17 bits per heavy atom. The van der Waals surface area contributed by atoms with E-state index in [0.29, 0.717) is 0 Å². The molecule has 18 heavy (non-hydrogen) atoms. The average molecular weight is 257 g/mol. The molecule has 90 valence electrons. The van der Waals surface area contributed by atoms with Crippen LogP contribution in [-0.4, -0.2) is 9.38 Å². The summed E-state index contributed by atoms with van der Waals surface area (Å²) in [7, 11) is 0. The summed E-state index contributed by atoms with van der Waals surface area (Å²) in [5, 5.41) is 0.736. The molecule has 3 aromatic rings. The van der Waals surface area contributed by atoms with Crippen molar-refractivity contribution in [3.63, 3.8) is 0 Å². The zero-order valence-electron chi connectivity index (χ0n) is 10.1. The van der Waals surface area contributed by atoms with E-state index in [1.54, 1.807) is 0 Å². The minimum absolute atomic E-state index is 0.736. The first kappa shape index (κ1) is 11.3. The van der Waals surface area contributed by atoms with Gasteiger partial charge in [0.2, 0.25) is 0 Å². The van der Waals surface area contributed by atoms with Crippen molar-refractivity contribution in [1.29, 1.82) is 0 Å². The molecule has 0 N–H and O–H groups in total. The van der Waals surface area contributed by atoms with Gasteiger partial charge in [0.05, 0.1) is 16.7 Å². The van der Waals surface area contributed by atoms with Crippen molar-refractivity contribution in [1.82, 2.24) is 9.38 Å². The Morgan fingerprint density at radius 3 is 2.72 bits per heavy atom. The molecule has 1 aromatic carbocycles. The predicted molar refractivity (Wildman–Crippen MR) is 74.2 cm³/mol. The van der Waals surface area contributed by atoms with E-state index >= 15 is 0 Å². The van der Waals surface area contributed by atoms with E-state index < -0.39 is 0 Å². The molecule has 0 spiro atoms. The van der Waals surface area contributed by atoms with Gasteiger partial charge in [0, 0.05) is 12.6 Å². The second kappa shape index (κ2) is 4.46. The lowest BCUT2D eigenvalue weighted by Crippen LogP contribution is -1.96. The highest BCUT2D eigenvalue weighted by atomic mass is 35.5. The molecule has 0 atom stereocenters. The summed E-state index contributed by atoms with van der Waals surface area (Å²) >= 11 is 6.13. The van der Waals surface area contributed by atoms with Crippen LogP contribution in [0, 0.1) is 6.92 Å². The standard InChI is InChI=1S/C15H13ClN2/c1-11-4-6-12(7-5-11)9-15-17-10-14-13(16)3-2-8-18(14)15/h2-8,10H,9H2,1H3. The van der Waals surface area contributed by atoms with Gasteiger partial charge in [-0.3, -0.25) is 0 Å². The largest absolute Gasteiger partial charge is 0.302 e. The van der Waals surface area contributed by atoms with Crippen molar-refractivity contribution in [2.45, 2.75) is 13.3 Å². The lowest BCUT2D eigenvalue weighted by atomic mass is 10.1. The molecule has 0 unspecified atom stereocenters. The molecule has 2 heterocycles. The van der Waals surface area contributed by atoms with Gasteiger partial charge < -0.3 is 4.40 Å². The van der Waals surface area contributed by atoms with Crippen LogP contribution in [0.1, 0.15) is 17.0 Å². The van der Waals surface area contributed by atoms with Crippen LogP contribution in [0.25, 0.3) is 5.52 Å². The van der Waals surface area contributed by atoms with E-state index in [1.807, 2.05) is 28.9 Å². The zero-order chi connectivity index (χ0) is 12.5. The number of hydrogen-bond donors (Lipinski definition) is 0. The second-order valence-electron chi connectivity index (χ2n) is 4.45. The molecule has 2 nitrogen and oxygen atoms in total. The van der Waals surface area contributed by atoms with Crippen molar-refractivity contribution in [3.8, 4) is 0 Å². The van der Waals surface area contributed by atoms with Gasteiger partial charge in [-0.2, -0.15) is 0 Å². The Kier molecular flexibility index (Phi) is 2.80. The molecule has 2 aromatic heterocycles. The van der Waals surface area contributed by atoms with Gasteiger partial charge in [-0.15, -0.1) is 0 Å². The Labute approximate surface area is 111 Å². The third-order valence-corrected chi connectivity index (χ3v) is 3.40. The van der Waals surface area contributed by atoms with Crippen LogP contribution in [0.15, 0.2) is 48.8 Å². The van der Waals surface area contributed by atoms with Gasteiger partial charge in [-0.05, 0) is 24.6 Å². The number of rotatable bonds is 2. The van der Waals surface area contributed by atoms with E-state index in [1.165, 1.54) is 11.1 Å². The van der Waals surface area contributed by atoms with Gasteiger partial charge in [0.1, 0.15) is 5.82 Å². The van der Waals surface area contributed by atoms with E-state index in [9.17, 15) is 0 Å². The van der Waals surface area contributed by atoms with Crippen LogP contribution < -0.4 is 0 Å². The predicted octanol–water partition coefficient (Wildman–Crippen LogP) is 3.89. The smallest absolute Gasteiger partial charge is 0.117 e. The van der Waals surface area contributed by atoms with Gasteiger partial charge >= 0.3 is 0 Å². The van der Waals surface area contributed by atoms with Gasteiger partial charge in [0.25, 0.3) is 0 Å². The highest BCUT2D eigenvalue weighted by Crippen LogP contribution is 2.19. The normalized spacial score (nSPS) is 11.0. The SMILES string of the molecule is Cc1ccc(Cc2ncc3c(Cl)cccn23)cc1. The summed E-state index contributed by atoms with van der Waals surface area (Å²) in [5.74, 6) is 1.01. The molecule has 0 aliphatic heterocycles. The van der Waals surface area contributed by atoms with Crippen LogP contribution in [-0.2, 0) is 6.42 Å². The number of aryl methyl sites for hydroxylation is 1. The van der Waals surface area contributed by atoms with Crippen molar-refractivity contribution in [2.24, 2.45) is 0 Å². The van der Waals surface area contributed by atoms with E-state index in [-0.39, 0.29) is 0 Å². The van der Waals surface area contributed by atoms with Crippen molar-refractivity contribution >= 4 is 17.1 Å². The highest BCUT2D eigenvalue weighted by molar-refractivity contribution is 6.33. The van der Waals surface area contributed by atoms with Crippen LogP contribution in [0.4, 0.5) is 0 Å². The van der Waals surface area contributed by atoms with Gasteiger partial charge in [0.15, 0.2) is 0 Å². The van der Waals surface area contributed by atoms with Crippen molar-refractivity contribution in [3.05, 3.63) is 70.8 Å². The lowest BCUT2D eigenvalue weighted by molar-refractivity contribution is 0.961. The number of pyridine rings is 1. The minimum Gasteiger partial charge on any atom is -0.302 e. The summed E-state index contributed by atoms with van der Waals surface area (Å²) < 4.78 is 2.04. The van der Waals surface area contributed by atoms with E-state index in [2.05, 4.69) is 36.2 Å². The molecule has 0 fully saturated rings. The minimum atomic E-state index is 0.736. The molecule has 0 aliphatic carbocycles. The Morgan fingerprint density at radius 2 is 1.94 bits per heavy atom. The fourth-order valence-electron chi connectivity index (χ4n) is 2.06. The Balaban J connectivity index is 2.00. The molecule has 3 rings (SSSR count). The molecule has 0 amide bonds. The molecule has 0 radical (unpaired) electrons. The molecular weight excluding hydrogens is 244 g/mol. The van der Waals surface area contributed by atoms with Crippen molar-refractivity contribution < 1.29 is 0 Å². The second-order valence-corrected chi connectivity index (χ2v) is 4.86. The monoisotopic (exact) mass is 256 g/mol. The maximum Gasteiger partial charge on any atom is 0.117 e. The summed E-state index contributed by atoms with van der Waals surface area (Å²) in [4.78, 5) is 4.45. The maximum atomic E-state index is 6.13. The molecule has 3 heteroatoms. The average Bonchev–Trinajstić information content (AvgIpc) is 2.77. The number of nitrogens with zero attached hydrogens (tertiary/aromatic N) is 2. The number of aromatic nitrogens is 2. The highest BCUT2D eigenvalue weighted by Gasteiger charge is 2.06. The number of halogens is 1. The summed E-state index contributed by atoms with van der Waals surface area (Å²) in [5.41, 5.74) is 3.49. The molecule has 0 saturated heterocycles. The fourth-order valence-corrected chi connectivity index (χ4v) is 2.27. The topological polar surface area (TPSA) is 17.3 Å². The van der Waals surface area contributed by atoms with E-state index in [0.717, 1.165) is 22.8 Å². The van der Waals surface area contributed by atoms with Crippen molar-refractivity contribution in [2.75, 3.05) is 0 Å². The lowest BCUT2D eigenvalue weighted by Gasteiger charge is -2.03. The zero-order valence-corrected chi connectivity index (χ0v) is 10.9. The molecule has 0 saturated carbocycles. The third-order valence-electron chi connectivity index (χ3n) is 3.08. The molecule has 0 aliphatic rings. The third kappa shape index (κ3) is 2.00. The first-order valence-corrected chi connectivity index (χ1v) is 6.28. The maximum absolute atomic E-state index is 6.13. The summed E-state index contributed by atoms with van der Waals surface area (Å²) in [6, 6.07) is 12.3.